The third-order valence-corrected chi connectivity index (χ3v) is 3.04. The van der Waals surface area contributed by atoms with Crippen molar-refractivity contribution in [2.45, 2.75) is 18.2 Å². The van der Waals surface area contributed by atoms with E-state index in [9.17, 15) is 19.5 Å². The SMILES string of the molecule is O=CC1C(c2coc(=O)[nH]c2=O)NC(CO)C1O. The predicted octanol–water partition coefficient (Wildman–Crippen LogP) is -2.49. The van der Waals surface area contributed by atoms with Crippen molar-refractivity contribution in [3.05, 3.63) is 32.7 Å². The van der Waals surface area contributed by atoms with Gasteiger partial charge in [-0.1, -0.05) is 0 Å². The summed E-state index contributed by atoms with van der Waals surface area (Å²) < 4.78 is 4.54. The van der Waals surface area contributed by atoms with E-state index in [1.807, 2.05) is 4.98 Å². The number of aliphatic hydroxyl groups is 2. The number of hydrogen-bond donors (Lipinski definition) is 4. The van der Waals surface area contributed by atoms with Crippen molar-refractivity contribution in [3.8, 4) is 0 Å². The number of rotatable bonds is 3. The van der Waals surface area contributed by atoms with Gasteiger partial charge in [-0.3, -0.25) is 9.78 Å². The number of aldehydes is 1. The number of carbonyl (C=O) groups is 1. The van der Waals surface area contributed by atoms with Crippen molar-refractivity contribution < 1.29 is 19.4 Å². The maximum absolute atomic E-state index is 11.6. The second-order valence-corrected chi connectivity index (χ2v) is 4.07. The maximum atomic E-state index is 11.6. The minimum Gasteiger partial charge on any atom is -0.417 e. The number of hydrogen-bond acceptors (Lipinski definition) is 7. The summed E-state index contributed by atoms with van der Waals surface area (Å²) in [4.78, 5) is 35.3. The van der Waals surface area contributed by atoms with Crippen molar-refractivity contribution in [1.29, 1.82) is 0 Å². The molecule has 8 heteroatoms. The molecule has 98 valence electrons. The number of aromatic nitrogens is 1. The van der Waals surface area contributed by atoms with E-state index in [1.165, 1.54) is 0 Å². The monoisotopic (exact) mass is 256 g/mol. The Balaban J connectivity index is 2.41. The van der Waals surface area contributed by atoms with Crippen LogP contribution in [0, 0.1) is 5.92 Å². The molecule has 1 aliphatic heterocycles. The van der Waals surface area contributed by atoms with Crippen LogP contribution in [0.4, 0.5) is 0 Å². The first-order valence-corrected chi connectivity index (χ1v) is 5.30. The Hall–Kier alpha value is -1.77. The maximum Gasteiger partial charge on any atom is 0.419 e. The fraction of sp³-hybridized carbons (Fsp3) is 0.500. The minimum atomic E-state index is -1.11. The summed E-state index contributed by atoms with van der Waals surface area (Å²) >= 11 is 0. The molecule has 4 N–H and O–H groups in total. The standard InChI is InChI=1S/C10H12N2O6/c13-1-4-7(11-6(2-14)8(4)15)5-3-18-10(17)12-9(5)16/h1,3-4,6-8,11,14-15H,2H2,(H,12,16,17). The molecule has 0 bridgehead atoms. The van der Waals surface area contributed by atoms with Crippen LogP contribution in [-0.2, 0) is 4.79 Å². The first-order valence-electron chi connectivity index (χ1n) is 5.30. The van der Waals surface area contributed by atoms with Crippen LogP contribution in [0.3, 0.4) is 0 Å². The summed E-state index contributed by atoms with van der Waals surface area (Å²) in [6, 6.07) is -1.51. The Kier molecular flexibility index (Phi) is 3.41. The quantitative estimate of drug-likeness (QED) is 0.440. The zero-order valence-corrected chi connectivity index (χ0v) is 9.20. The fourth-order valence-electron chi connectivity index (χ4n) is 2.10. The van der Waals surface area contributed by atoms with Gasteiger partial charge in [0.25, 0.3) is 5.56 Å². The lowest BCUT2D eigenvalue weighted by Gasteiger charge is -2.13. The van der Waals surface area contributed by atoms with Gasteiger partial charge >= 0.3 is 5.76 Å². The van der Waals surface area contributed by atoms with E-state index in [0.29, 0.717) is 6.29 Å². The molecule has 18 heavy (non-hydrogen) atoms. The average Bonchev–Trinajstić information content (AvgIpc) is 2.65. The number of H-pyrrole nitrogens is 1. The van der Waals surface area contributed by atoms with Crippen LogP contribution >= 0.6 is 0 Å². The molecule has 0 aromatic carbocycles. The van der Waals surface area contributed by atoms with E-state index in [4.69, 9.17) is 5.11 Å². The van der Waals surface area contributed by atoms with Gasteiger partial charge in [0.2, 0.25) is 0 Å². The first kappa shape index (κ1) is 12.7. The Bertz CT molecular complexity index is 550. The molecular weight excluding hydrogens is 244 g/mol. The molecule has 0 spiro atoms. The summed E-state index contributed by atoms with van der Waals surface area (Å²) in [5, 5.41) is 21.6. The van der Waals surface area contributed by atoms with E-state index in [-0.39, 0.29) is 12.2 Å². The molecule has 1 saturated heterocycles. The Morgan fingerprint density at radius 3 is 2.72 bits per heavy atom. The molecule has 8 nitrogen and oxygen atoms in total. The van der Waals surface area contributed by atoms with Gasteiger partial charge in [0, 0.05) is 0 Å². The van der Waals surface area contributed by atoms with Gasteiger partial charge in [-0.2, -0.15) is 0 Å². The zero-order valence-electron chi connectivity index (χ0n) is 9.20. The van der Waals surface area contributed by atoms with Crippen molar-refractivity contribution in [2.75, 3.05) is 6.61 Å². The number of aliphatic hydroxyl groups excluding tert-OH is 2. The van der Waals surface area contributed by atoms with Gasteiger partial charge in [0.1, 0.15) is 12.5 Å². The lowest BCUT2D eigenvalue weighted by molar-refractivity contribution is -0.114. The first-order chi connectivity index (χ1) is 8.58. The van der Waals surface area contributed by atoms with E-state index in [1.54, 1.807) is 0 Å². The van der Waals surface area contributed by atoms with Crippen molar-refractivity contribution in [1.82, 2.24) is 10.3 Å². The Morgan fingerprint density at radius 1 is 1.44 bits per heavy atom. The van der Waals surface area contributed by atoms with Gasteiger partial charge in [0.15, 0.2) is 0 Å². The highest BCUT2D eigenvalue weighted by atomic mass is 16.4. The minimum absolute atomic E-state index is 0.0294. The molecular formula is C10H12N2O6. The number of carbonyl (C=O) groups excluding carboxylic acids is 1. The molecule has 4 unspecified atom stereocenters. The summed E-state index contributed by atoms with van der Waals surface area (Å²) in [7, 11) is 0. The van der Waals surface area contributed by atoms with Crippen LogP contribution in [0.5, 0.6) is 0 Å². The molecule has 0 aliphatic carbocycles. The van der Waals surface area contributed by atoms with E-state index in [0.717, 1.165) is 6.26 Å². The summed E-state index contributed by atoms with van der Waals surface area (Å²) in [6.45, 7) is -0.378. The molecule has 0 radical (unpaired) electrons. The molecule has 0 amide bonds. The van der Waals surface area contributed by atoms with Crippen molar-refractivity contribution in [3.63, 3.8) is 0 Å². The second kappa shape index (κ2) is 4.84. The van der Waals surface area contributed by atoms with Gasteiger partial charge < -0.3 is 24.7 Å². The smallest absolute Gasteiger partial charge is 0.417 e. The van der Waals surface area contributed by atoms with Crippen LogP contribution < -0.4 is 16.6 Å². The molecule has 1 aromatic rings. The molecule has 1 fully saturated rings. The van der Waals surface area contributed by atoms with Gasteiger partial charge in [-0.25, -0.2) is 4.79 Å². The highest BCUT2D eigenvalue weighted by molar-refractivity contribution is 5.58. The van der Waals surface area contributed by atoms with Gasteiger partial charge in [-0.15, -0.1) is 0 Å². The van der Waals surface area contributed by atoms with Gasteiger partial charge in [-0.05, 0) is 0 Å². The topological polar surface area (TPSA) is 133 Å². The lowest BCUT2D eigenvalue weighted by atomic mass is 9.94. The van der Waals surface area contributed by atoms with E-state index >= 15 is 0 Å². The van der Waals surface area contributed by atoms with Crippen LogP contribution in [0.15, 0.2) is 20.3 Å². The largest absolute Gasteiger partial charge is 0.419 e. The zero-order chi connectivity index (χ0) is 13.3. The molecule has 2 rings (SSSR count). The van der Waals surface area contributed by atoms with Crippen LogP contribution in [0.1, 0.15) is 11.6 Å². The van der Waals surface area contributed by atoms with Crippen LogP contribution in [0.2, 0.25) is 0 Å². The summed E-state index contributed by atoms with van der Waals surface area (Å²) in [5.74, 6) is -1.79. The molecule has 1 aromatic heterocycles. The Labute approximate surface area is 100 Å². The number of aromatic amines is 1. The fourth-order valence-corrected chi connectivity index (χ4v) is 2.10. The highest BCUT2D eigenvalue weighted by Gasteiger charge is 2.43. The summed E-state index contributed by atoms with van der Waals surface area (Å²) in [5.41, 5.74) is -0.664. The molecule has 4 atom stereocenters. The predicted molar refractivity (Wildman–Crippen MR) is 57.9 cm³/mol. The van der Waals surface area contributed by atoms with Crippen molar-refractivity contribution in [2.24, 2.45) is 5.92 Å². The van der Waals surface area contributed by atoms with E-state index in [2.05, 4.69) is 9.73 Å². The Morgan fingerprint density at radius 2 is 2.17 bits per heavy atom. The third kappa shape index (κ3) is 2.01. The van der Waals surface area contributed by atoms with Crippen LogP contribution in [0.25, 0.3) is 0 Å². The molecule has 1 aliphatic rings. The normalized spacial score (nSPS) is 31.4. The second-order valence-electron chi connectivity index (χ2n) is 4.07. The van der Waals surface area contributed by atoms with Crippen molar-refractivity contribution >= 4 is 6.29 Å². The molecule has 0 saturated carbocycles. The summed E-state index contributed by atoms with van der Waals surface area (Å²) in [6.07, 6.45) is 0.341. The third-order valence-electron chi connectivity index (χ3n) is 3.04. The number of nitrogens with one attached hydrogen (secondary N) is 2. The van der Waals surface area contributed by atoms with Crippen LogP contribution in [-0.4, -0.2) is 40.2 Å². The van der Waals surface area contributed by atoms with Gasteiger partial charge in [0.05, 0.1) is 36.3 Å². The average molecular weight is 256 g/mol. The van der Waals surface area contributed by atoms with E-state index < -0.39 is 35.4 Å². The lowest BCUT2D eigenvalue weighted by Crippen LogP contribution is -2.35. The molecule has 2 heterocycles. The highest BCUT2D eigenvalue weighted by Crippen LogP contribution is 2.29.